The third-order valence-electron chi connectivity index (χ3n) is 3.48. The fourth-order valence-electron chi connectivity index (χ4n) is 2.39. The molecule has 1 heterocycles. The minimum atomic E-state index is -0.446. The standard InChI is InChI=1S/C16H18FN3/c1-4-13(14-8-6-5-7-12(14)9-18)15-10-20(11(2)3)19-16(15)17/h5-8,10-11,13H,4H2,1-3H3/t13-/m1/s1. The Bertz CT molecular complexity index is 637. The minimum Gasteiger partial charge on any atom is -0.267 e. The summed E-state index contributed by atoms with van der Waals surface area (Å²) in [6, 6.07) is 9.65. The molecule has 0 unspecified atom stereocenters. The van der Waals surface area contributed by atoms with E-state index < -0.39 is 5.95 Å². The molecule has 1 aromatic carbocycles. The Kier molecular flexibility index (Phi) is 4.19. The average molecular weight is 271 g/mol. The van der Waals surface area contributed by atoms with Gasteiger partial charge in [0.1, 0.15) is 0 Å². The van der Waals surface area contributed by atoms with E-state index in [-0.39, 0.29) is 12.0 Å². The Morgan fingerprint density at radius 3 is 2.55 bits per heavy atom. The molecule has 0 saturated heterocycles. The number of nitrogens with zero attached hydrogens (tertiary/aromatic N) is 3. The van der Waals surface area contributed by atoms with Crippen LogP contribution in [0.3, 0.4) is 0 Å². The summed E-state index contributed by atoms with van der Waals surface area (Å²) in [5, 5.41) is 13.1. The van der Waals surface area contributed by atoms with Gasteiger partial charge in [0.05, 0.1) is 11.6 Å². The summed E-state index contributed by atoms with van der Waals surface area (Å²) in [5.41, 5.74) is 2.01. The smallest absolute Gasteiger partial charge is 0.236 e. The van der Waals surface area contributed by atoms with Crippen LogP contribution in [0.5, 0.6) is 0 Å². The van der Waals surface area contributed by atoms with Crippen LogP contribution in [0.4, 0.5) is 4.39 Å². The van der Waals surface area contributed by atoms with E-state index in [0.29, 0.717) is 11.1 Å². The van der Waals surface area contributed by atoms with Crippen molar-refractivity contribution in [1.29, 1.82) is 5.26 Å². The summed E-state index contributed by atoms with van der Waals surface area (Å²) in [7, 11) is 0. The van der Waals surface area contributed by atoms with Crippen molar-refractivity contribution in [3.8, 4) is 6.07 Å². The maximum absolute atomic E-state index is 14.1. The second-order valence-electron chi connectivity index (χ2n) is 5.11. The van der Waals surface area contributed by atoms with Gasteiger partial charge in [-0.1, -0.05) is 25.1 Å². The van der Waals surface area contributed by atoms with Crippen LogP contribution in [0.25, 0.3) is 0 Å². The van der Waals surface area contributed by atoms with E-state index in [4.69, 9.17) is 0 Å². The van der Waals surface area contributed by atoms with Gasteiger partial charge < -0.3 is 0 Å². The maximum atomic E-state index is 14.1. The Labute approximate surface area is 118 Å². The van der Waals surface area contributed by atoms with Crippen molar-refractivity contribution in [2.24, 2.45) is 0 Å². The van der Waals surface area contributed by atoms with Crippen molar-refractivity contribution in [3.63, 3.8) is 0 Å². The molecule has 0 aliphatic rings. The first-order valence-electron chi connectivity index (χ1n) is 6.82. The molecular formula is C16H18FN3. The molecule has 2 rings (SSSR count). The van der Waals surface area contributed by atoms with Gasteiger partial charge in [-0.2, -0.15) is 9.65 Å². The molecular weight excluding hydrogens is 253 g/mol. The van der Waals surface area contributed by atoms with Crippen LogP contribution in [-0.4, -0.2) is 9.78 Å². The van der Waals surface area contributed by atoms with Crippen LogP contribution in [0, 0.1) is 17.3 Å². The first-order chi connectivity index (χ1) is 9.58. The highest BCUT2D eigenvalue weighted by Crippen LogP contribution is 2.31. The zero-order chi connectivity index (χ0) is 14.7. The molecule has 2 aromatic rings. The van der Waals surface area contributed by atoms with Gasteiger partial charge in [0, 0.05) is 23.7 Å². The largest absolute Gasteiger partial charge is 0.267 e. The number of hydrogen-bond acceptors (Lipinski definition) is 2. The molecule has 1 aromatic heterocycles. The van der Waals surface area contributed by atoms with Crippen molar-refractivity contribution >= 4 is 0 Å². The third kappa shape index (κ3) is 2.57. The van der Waals surface area contributed by atoms with Crippen LogP contribution in [0.2, 0.25) is 0 Å². The molecule has 4 heteroatoms. The van der Waals surface area contributed by atoms with E-state index in [2.05, 4.69) is 11.2 Å². The predicted molar refractivity (Wildman–Crippen MR) is 75.9 cm³/mol. The summed E-state index contributed by atoms with van der Waals surface area (Å²) in [5.74, 6) is -0.586. The highest BCUT2D eigenvalue weighted by atomic mass is 19.1. The van der Waals surface area contributed by atoms with E-state index in [1.165, 1.54) is 0 Å². The molecule has 3 nitrogen and oxygen atoms in total. The maximum Gasteiger partial charge on any atom is 0.236 e. The minimum absolute atomic E-state index is 0.113. The van der Waals surface area contributed by atoms with Gasteiger partial charge in [0.25, 0.3) is 0 Å². The normalized spacial score (nSPS) is 12.4. The average Bonchev–Trinajstić information content (AvgIpc) is 2.83. The number of benzene rings is 1. The van der Waals surface area contributed by atoms with Gasteiger partial charge >= 0.3 is 0 Å². The third-order valence-corrected chi connectivity index (χ3v) is 3.48. The predicted octanol–water partition coefficient (Wildman–Crippen LogP) is 4.02. The molecule has 0 amide bonds. The highest BCUT2D eigenvalue weighted by Gasteiger charge is 2.22. The van der Waals surface area contributed by atoms with Crippen molar-refractivity contribution in [1.82, 2.24) is 9.78 Å². The molecule has 0 aliphatic carbocycles. The lowest BCUT2D eigenvalue weighted by Crippen LogP contribution is -2.03. The lowest BCUT2D eigenvalue weighted by Gasteiger charge is -2.15. The molecule has 0 N–H and O–H groups in total. The lowest BCUT2D eigenvalue weighted by molar-refractivity contribution is 0.479. The first-order valence-corrected chi connectivity index (χ1v) is 6.82. The van der Waals surface area contributed by atoms with Gasteiger partial charge in [0.15, 0.2) is 0 Å². The SMILES string of the molecule is CC[C@H](c1ccccc1C#N)c1cn(C(C)C)nc1F. The quantitative estimate of drug-likeness (QED) is 0.842. The number of nitriles is 1. The van der Waals surface area contributed by atoms with Crippen LogP contribution in [-0.2, 0) is 0 Å². The second-order valence-corrected chi connectivity index (χ2v) is 5.11. The number of aromatic nitrogens is 2. The van der Waals surface area contributed by atoms with Gasteiger partial charge in [-0.25, -0.2) is 0 Å². The van der Waals surface area contributed by atoms with Gasteiger partial charge in [-0.05, 0) is 31.9 Å². The fraction of sp³-hybridized carbons (Fsp3) is 0.375. The Hall–Kier alpha value is -2.15. The van der Waals surface area contributed by atoms with Crippen LogP contribution < -0.4 is 0 Å². The van der Waals surface area contributed by atoms with E-state index in [9.17, 15) is 9.65 Å². The zero-order valence-corrected chi connectivity index (χ0v) is 12.0. The number of rotatable bonds is 4. The fourth-order valence-corrected chi connectivity index (χ4v) is 2.39. The van der Waals surface area contributed by atoms with Gasteiger partial charge in [-0.15, -0.1) is 5.10 Å². The molecule has 0 aliphatic heterocycles. The van der Waals surface area contributed by atoms with Gasteiger partial charge in [0.2, 0.25) is 5.95 Å². The Morgan fingerprint density at radius 1 is 1.30 bits per heavy atom. The van der Waals surface area contributed by atoms with Crippen LogP contribution in [0.1, 0.15) is 55.8 Å². The Balaban J connectivity index is 2.50. The number of halogens is 1. The summed E-state index contributed by atoms with van der Waals surface area (Å²) >= 11 is 0. The molecule has 0 bridgehead atoms. The van der Waals surface area contributed by atoms with E-state index >= 15 is 0 Å². The molecule has 0 saturated carbocycles. The van der Waals surface area contributed by atoms with Crippen LogP contribution in [0.15, 0.2) is 30.5 Å². The summed E-state index contributed by atoms with van der Waals surface area (Å²) in [4.78, 5) is 0. The summed E-state index contributed by atoms with van der Waals surface area (Å²) in [6.45, 7) is 5.91. The van der Waals surface area contributed by atoms with Crippen LogP contribution >= 0.6 is 0 Å². The highest BCUT2D eigenvalue weighted by molar-refractivity contribution is 5.43. The zero-order valence-electron chi connectivity index (χ0n) is 12.0. The Morgan fingerprint density at radius 2 is 2.00 bits per heavy atom. The topological polar surface area (TPSA) is 41.6 Å². The van der Waals surface area contributed by atoms with E-state index in [0.717, 1.165) is 12.0 Å². The molecule has 0 spiro atoms. The monoisotopic (exact) mass is 271 g/mol. The molecule has 0 fully saturated rings. The van der Waals surface area contributed by atoms with E-state index in [1.807, 2.05) is 39.0 Å². The van der Waals surface area contributed by atoms with Crippen molar-refractivity contribution in [3.05, 3.63) is 53.1 Å². The first kappa shape index (κ1) is 14.3. The van der Waals surface area contributed by atoms with Crippen molar-refractivity contribution in [2.45, 2.75) is 39.2 Å². The summed E-state index contributed by atoms with van der Waals surface area (Å²) < 4.78 is 15.7. The second kappa shape index (κ2) is 5.87. The summed E-state index contributed by atoms with van der Waals surface area (Å²) in [6.07, 6.45) is 2.47. The molecule has 0 radical (unpaired) electrons. The van der Waals surface area contributed by atoms with Crippen molar-refractivity contribution in [2.75, 3.05) is 0 Å². The molecule has 104 valence electrons. The van der Waals surface area contributed by atoms with E-state index in [1.54, 1.807) is 16.9 Å². The lowest BCUT2D eigenvalue weighted by atomic mass is 9.88. The molecule has 20 heavy (non-hydrogen) atoms. The number of hydrogen-bond donors (Lipinski definition) is 0. The molecule has 1 atom stereocenters. The van der Waals surface area contributed by atoms with Gasteiger partial charge in [-0.3, -0.25) is 4.68 Å². The van der Waals surface area contributed by atoms with Crippen molar-refractivity contribution < 1.29 is 4.39 Å².